The topological polar surface area (TPSA) is 57.2 Å². The second-order valence-corrected chi connectivity index (χ2v) is 6.28. The maximum atomic E-state index is 11.1. The van der Waals surface area contributed by atoms with Crippen molar-refractivity contribution in [2.45, 2.75) is 63.2 Å². The quantitative estimate of drug-likeness (QED) is 0.385. The van der Waals surface area contributed by atoms with E-state index in [2.05, 4.69) is 6.92 Å². The molecule has 1 aromatic rings. The van der Waals surface area contributed by atoms with E-state index in [0.29, 0.717) is 12.0 Å². The summed E-state index contributed by atoms with van der Waals surface area (Å²) < 4.78 is 33.3. The molecule has 0 saturated heterocycles. The first-order valence-corrected chi connectivity index (χ1v) is 8.50. The number of benzene rings is 1. The van der Waals surface area contributed by atoms with E-state index in [-0.39, 0.29) is 23.8 Å². The van der Waals surface area contributed by atoms with Gasteiger partial charge in [-0.05, 0) is 24.5 Å². The number of aryl methyl sites for hydroxylation is 1. The second kappa shape index (κ2) is 10.5. The third-order valence-corrected chi connectivity index (χ3v) is 4.23. The summed E-state index contributed by atoms with van der Waals surface area (Å²) in [4.78, 5) is -0.0546. The third-order valence-electron chi connectivity index (χ3n) is 3.29. The molecule has 0 aliphatic carbocycles. The van der Waals surface area contributed by atoms with E-state index >= 15 is 0 Å². The standard InChI is InChI=1S/C15H24O3S.Li/c1-2-3-4-5-6-7-8-11-14-12-9-10-13-15(14)19(16,17)18;/h9-10,12-13H,2-8,11H2,1H3,(H,16,17,18);/q;+1/p-1. The molecule has 1 aromatic carbocycles. The van der Waals surface area contributed by atoms with Gasteiger partial charge in [-0.1, -0.05) is 63.6 Å². The van der Waals surface area contributed by atoms with Crippen molar-refractivity contribution in [2.24, 2.45) is 0 Å². The minimum atomic E-state index is -4.34. The molecule has 108 valence electrons. The van der Waals surface area contributed by atoms with Gasteiger partial charge in [0.25, 0.3) is 0 Å². The molecule has 1 rings (SSSR count). The molecule has 20 heavy (non-hydrogen) atoms. The van der Waals surface area contributed by atoms with Crippen LogP contribution in [0.3, 0.4) is 0 Å². The van der Waals surface area contributed by atoms with Crippen molar-refractivity contribution in [1.82, 2.24) is 0 Å². The van der Waals surface area contributed by atoms with Crippen molar-refractivity contribution >= 4 is 10.1 Å². The maximum Gasteiger partial charge on any atom is 1.00 e. The Hall–Kier alpha value is -0.273. The van der Waals surface area contributed by atoms with E-state index in [1.54, 1.807) is 18.2 Å². The van der Waals surface area contributed by atoms with E-state index in [1.807, 2.05) is 0 Å². The molecule has 0 aliphatic rings. The molecular weight excluding hydrogens is 267 g/mol. The fourth-order valence-electron chi connectivity index (χ4n) is 2.23. The van der Waals surface area contributed by atoms with E-state index in [0.717, 1.165) is 12.8 Å². The van der Waals surface area contributed by atoms with Gasteiger partial charge in [-0.3, -0.25) is 0 Å². The molecule has 0 unspecified atom stereocenters. The monoisotopic (exact) mass is 290 g/mol. The van der Waals surface area contributed by atoms with E-state index in [1.165, 1.54) is 38.2 Å². The first-order chi connectivity index (χ1) is 9.05. The minimum Gasteiger partial charge on any atom is -0.744 e. The number of rotatable bonds is 9. The van der Waals surface area contributed by atoms with Crippen molar-refractivity contribution in [1.29, 1.82) is 0 Å². The molecule has 0 N–H and O–H groups in total. The van der Waals surface area contributed by atoms with Crippen molar-refractivity contribution in [2.75, 3.05) is 0 Å². The minimum absolute atomic E-state index is 0. The maximum absolute atomic E-state index is 11.1. The van der Waals surface area contributed by atoms with Gasteiger partial charge >= 0.3 is 18.9 Å². The van der Waals surface area contributed by atoms with Crippen molar-refractivity contribution < 1.29 is 31.8 Å². The SMILES string of the molecule is CCCCCCCCCc1ccccc1S(=O)(=O)[O-].[Li+]. The molecule has 0 atom stereocenters. The third kappa shape index (κ3) is 7.49. The van der Waals surface area contributed by atoms with E-state index in [4.69, 9.17) is 0 Å². The zero-order chi connectivity index (χ0) is 14.1. The summed E-state index contributed by atoms with van der Waals surface area (Å²) in [5.74, 6) is 0. The van der Waals surface area contributed by atoms with Gasteiger partial charge in [-0.25, -0.2) is 8.42 Å². The van der Waals surface area contributed by atoms with Crippen LogP contribution in [0.4, 0.5) is 0 Å². The summed E-state index contributed by atoms with van der Waals surface area (Å²) in [5, 5.41) is 0. The smallest absolute Gasteiger partial charge is 0.744 e. The van der Waals surface area contributed by atoms with E-state index < -0.39 is 10.1 Å². The second-order valence-electron chi connectivity index (χ2n) is 4.93. The molecule has 0 aromatic heterocycles. The van der Waals surface area contributed by atoms with Crippen molar-refractivity contribution in [3.63, 3.8) is 0 Å². The molecule has 0 amide bonds. The number of hydrogen-bond acceptors (Lipinski definition) is 3. The Morgan fingerprint density at radius 3 is 2.10 bits per heavy atom. The largest absolute Gasteiger partial charge is 1.00 e. The van der Waals surface area contributed by atoms with Gasteiger partial charge in [0, 0.05) is 0 Å². The van der Waals surface area contributed by atoms with Crippen LogP contribution in [0.5, 0.6) is 0 Å². The van der Waals surface area contributed by atoms with Gasteiger partial charge in [-0.2, -0.15) is 0 Å². The van der Waals surface area contributed by atoms with Crippen LogP contribution in [0.2, 0.25) is 0 Å². The zero-order valence-electron chi connectivity index (χ0n) is 12.6. The molecule has 0 radical (unpaired) electrons. The van der Waals surface area contributed by atoms with Crippen LogP contribution in [0.15, 0.2) is 29.2 Å². The molecule has 0 saturated carbocycles. The predicted octanol–water partition coefficient (Wildman–Crippen LogP) is 0.888. The molecule has 0 aliphatic heterocycles. The number of hydrogen-bond donors (Lipinski definition) is 0. The normalized spacial score (nSPS) is 11.1. The van der Waals surface area contributed by atoms with Crippen LogP contribution >= 0.6 is 0 Å². The fourth-order valence-corrected chi connectivity index (χ4v) is 2.96. The van der Waals surface area contributed by atoms with Crippen LogP contribution in [-0.4, -0.2) is 13.0 Å². The average molecular weight is 290 g/mol. The Kier molecular flexibility index (Phi) is 10.3. The summed E-state index contributed by atoms with van der Waals surface area (Å²) in [6.45, 7) is 2.19. The average Bonchev–Trinajstić information content (AvgIpc) is 2.37. The summed E-state index contributed by atoms with van der Waals surface area (Å²) in [6.07, 6.45) is 8.96. The first kappa shape index (κ1) is 19.7. The first-order valence-electron chi connectivity index (χ1n) is 7.09. The van der Waals surface area contributed by atoms with Crippen LogP contribution in [0.25, 0.3) is 0 Å². The van der Waals surface area contributed by atoms with Crippen LogP contribution in [0.1, 0.15) is 57.4 Å². The van der Waals surface area contributed by atoms with Crippen LogP contribution < -0.4 is 18.9 Å². The Labute approximate surface area is 135 Å². The van der Waals surface area contributed by atoms with E-state index in [9.17, 15) is 13.0 Å². The van der Waals surface area contributed by atoms with Crippen LogP contribution in [-0.2, 0) is 16.5 Å². The molecule has 0 fully saturated rings. The Morgan fingerprint density at radius 1 is 0.950 bits per heavy atom. The molecular formula is C15H23LiO3S. The molecule has 5 heteroatoms. The zero-order valence-corrected chi connectivity index (χ0v) is 13.4. The fraction of sp³-hybridized carbons (Fsp3) is 0.600. The van der Waals surface area contributed by atoms with Gasteiger partial charge in [0.1, 0.15) is 10.1 Å². The van der Waals surface area contributed by atoms with Gasteiger partial charge in [0.05, 0.1) is 4.90 Å². The van der Waals surface area contributed by atoms with Gasteiger partial charge in [0.2, 0.25) is 0 Å². The Morgan fingerprint density at radius 2 is 1.50 bits per heavy atom. The van der Waals surface area contributed by atoms with Gasteiger partial charge in [0.15, 0.2) is 0 Å². The molecule has 0 heterocycles. The van der Waals surface area contributed by atoms with Crippen molar-refractivity contribution in [3.8, 4) is 0 Å². The van der Waals surface area contributed by atoms with Gasteiger partial charge < -0.3 is 4.55 Å². The van der Waals surface area contributed by atoms with Crippen molar-refractivity contribution in [3.05, 3.63) is 29.8 Å². The molecule has 0 spiro atoms. The summed E-state index contributed by atoms with van der Waals surface area (Å²) in [7, 11) is -4.34. The Bertz CT molecular complexity index is 472. The van der Waals surface area contributed by atoms with Crippen LogP contribution in [0, 0.1) is 0 Å². The summed E-state index contributed by atoms with van der Waals surface area (Å²) >= 11 is 0. The Balaban J connectivity index is 0.00000361. The molecule has 0 bridgehead atoms. The molecule has 3 nitrogen and oxygen atoms in total. The summed E-state index contributed by atoms with van der Waals surface area (Å²) in [5.41, 5.74) is 0.658. The van der Waals surface area contributed by atoms with Gasteiger partial charge in [-0.15, -0.1) is 0 Å². The summed E-state index contributed by atoms with van der Waals surface area (Å²) in [6, 6.07) is 6.52. The number of unbranched alkanes of at least 4 members (excludes halogenated alkanes) is 6. The predicted molar refractivity (Wildman–Crippen MR) is 76.1 cm³/mol.